The molecule has 0 aliphatic rings. The molecule has 0 spiro atoms. The van der Waals surface area contributed by atoms with Crippen LogP contribution >= 0.6 is 0 Å². The summed E-state index contributed by atoms with van der Waals surface area (Å²) < 4.78 is 4.69. The maximum atomic E-state index is 13.1. The highest BCUT2D eigenvalue weighted by Gasteiger charge is 2.20. The fraction of sp³-hybridized carbons (Fsp3) is 0.333. The molecule has 0 unspecified atom stereocenters. The van der Waals surface area contributed by atoms with Gasteiger partial charge in [-0.05, 0) is 26.0 Å². The molecule has 0 N–H and O–H groups in total. The summed E-state index contributed by atoms with van der Waals surface area (Å²) in [6, 6.07) is 7.17. The van der Waals surface area contributed by atoms with E-state index in [-0.39, 0.29) is 11.6 Å². The molecule has 2 aromatic heterocycles. The Hall–Kier alpha value is -3.56. The average molecular weight is 383 g/mol. The molecule has 0 bridgehead atoms. The SMILES string of the molecule is CCN(CCn1nc(C)c(C(=O)OC)n1)C(=O)c1ccccc1-n1nccn1. The number of carbonyl (C=O) groups excluding carboxylic acids is 2. The Morgan fingerprint density at radius 2 is 1.86 bits per heavy atom. The maximum absolute atomic E-state index is 13.1. The van der Waals surface area contributed by atoms with Crippen molar-refractivity contribution in [3.8, 4) is 5.69 Å². The van der Waals surface area contributed by atoms with Crippen molar-refractivity contribution in [1.82, 2.24) is 34.9 Å². The van der Waals surface area contributed by atoms with Crippen molar-refractivity contribution >= 4 is 11.9 Å². The van der Waals surface area contributed by atoms with Gasteiger partial charge in [-0.25, -0.2) is 4.79 Å². The zero-order valence-corrected chi connectivity index (χ0v) is 15.9. The summed E-state index contributed by atoms with van der Waals surface area (Å²) in [6.45, 7) is 4.81. The number of rotatable bonds is 7. The van der Waals surface area contributed by atoms with Crippen molar-refractivity contribution in [1.29, 1.82) is 0 Å². The molecule has 10 nitrogen and oxygen atoms in total. The first-order valence-corrected chi connectivity index (χ1v) is 8.80. The lowest BCUT2D eigenvalue weighted by atomic mass is 10.1. The molecule has 3 rings (SSSR count). The van der Waals surface area contributed by atoms with Crippen LogP contribution in [0.4, 0.5) is 0 Å². The highest BCUT2D eigenvalue weighted by atomic mass is 16.5. The molecule has 0 radical (unpaired) electrons. The molecular weight excluding hydrogens is 362 g/mol. The summed E-state index contributed by atoms with van der Waals surface area (Å²) in [5, 5.41) is 16.6. The van der Waals surface area contributed by atoms with Gasteiger partial charge < -0.3 is 9.64 Å². The van der Waals surface area contributed by atoms with Crippen molar-refractivity contribution in [2.75, 3.05) is 20.2 Å². The minimum absolute atomic E-state index is 0.146. The molecule has 0 aliphatic heterocycles. The van der Waals surface area contributed by atoms with Crippen molar-refractivity contribution in [3.05, 3.63) is 53.6 Å². The number of para-hydroxylation sites is 1. The van der Waals surface area contributed by atoms with Crippen molar-refractivity contribution < 1.29 is 14.3 Å². The van der Waals surface area contributed by atoms with E-state index < -0.39 is 5.97 Å². The third kappa shape index (κ3) is 3.90. The smallest absolute Gasteiger partial charge is 0.360 e. The first-order chi connectivity index (χ1) is 13.5. The second kappa shape index (κ2) is 8.42. The van der Waals surface area contributed by atoms with Crippen LogP contribution in [0.15, 0.2) is 36.7 Å². The summed E-state index contributed by atoms with van der Waals surface area (Å²) in [7, 11) is 1.30. The van der Waals surface area contributed by atoms with Crippen LogP contribution in [0.5, 0.6) is 0 Å². The number of hydrogen-bond donors (Lipinski definition) is 0. The van der Waals surface area contributed by atoms with Gasteiger partial charge in [-0.3, -0.25) is 4.79 Å². The van der Waals surface area contributed by atoms with E-state index in [2.05, 4.69) is 25.1 Å². The van der Waals surface area contributed by atoms with Gasteiger partial charge in [-0.15, -0.1) is 5.10 Å². The molecule has 28 heavy (non-hydrogen) atoms. The van der Waals surface area contributed by atoms with Gasteiger partial charge in [0, 0.05) is 13.1 Å². The molecule has 0 aliphatic carbocycles. The number of benzene rings is 1. The Kier molecular flexibility index (Phi) is 5.78. The number of likely N-dealkylation sites (N-methyl/N-ethyl adjacent to an activating group) is 1. The van der Waals surface area contributed by atoms with Gasteiger partial charge in [0.25, 0.3) is 5.91 Å². The number of carbonyl (C=O) groups is 2. The van der Waals surface area contributed by atoms with Gasteiger partial charge in [-0.2, -0.15) is 24.9 Å². The lowest BCUT2D eigenvalue weighted by Crippen LogP contribution is -2.34. The van der Waals surface area contributed by atoms with Gasteiger partial charge in [-0.1, -0.05) is 12.1 Å². The summed E-state index contributed by atoms with van der Waals surface area (Å²) in [6.07, 6.45) is 3.12. The zero-order valence-electron chi connectivity index (χ0n) is 15.9. The molecule has 0 saturated carbocycles. The molecule has 0 saturated heterocycles. The van der Waals surface area contributed by atoms with Crippen LogP contribution in [-0.2, 0) is 11.3 Å². The van der Waals surface area contributed by atoms with Crippen LogP contribution in [0, 0.1) is 6.92 Å². The Morgan fingerprint density at radius 1 is 1.14 bits per heavy atom. The quantitative estimate of drug-likeness (QED) is 0.563. The summed E-state index contributed by atoms with van der Waals surface area (Å²) in [5.74, 6) is -0.680. The number of hydrogen-bond acceptors (Lipinski definition) is 7. The largest absolute Gasteiger partial charge is 0.464 e. The molecule has 0 atom stereocenters. The molecule has 146 valence electrons. The second-order valence-electron chi connectivity index (χ2n) is 5.94. The standard InChI is InChI=1S/C18H21N7O3/c1-4-23(11-12-24-21-13(2)16(22-24)18(27)28-3)17(26)14-7-5-6-8-15(14)25-19-9-10-20-25/h5-10H,4,11-12H2,1-3H3. The van der Waals surface area contributed by atoms with Gasteiger partial charge in [0.05, 0.1) is 43.0 Å². The fourth-order valence-electron chi connectivity index (χ4n) is 2.77. The predicted molar refractivity (Wildman–Crippen MR) is 99.0 cm³/mol. The highest BCUT2D eigenvalue weighted by molar-refractivity contribution is 5.97. The van der Waals surface area contributed by atoms with Crippen molar-refractivity contribution in [2.24, 2.45) is 0 Å². The second-order valence-corrected chi connectivity index (χ2v) is 5.94. The van der Waals surface area contributed by atoms with Crippen LogP contribution in [0.3, 0.4) is 0 Å². The maximum Gasteiger partial charge on any atom is 0.360 e. The van der Waals surface area contributed by atoms with Gasteiger partial charge in [0.1, 0.15) is 0 Å². The Balaban J connectivity index is 1.76. The molecule has 2 heterocycles. The lowest BCUT2D eigenvalue weighted by molar-refractivity contribution is 0.0590. The number of ether oxygens (including phenoxy) is 1. The Bertz CT molecular complexity index is 965. The number of esters is 1. The first-order valence-electron chi connectivity index (χ1n) is 8.80. The normalized spacial score (nSPS) is 10.7. The third-order valence-corrected chi connectivity index (χ3v) is 4.21. The van der Waals surface area contributed by atoms with E-state index in [0.717, 1.165) is 0 Å². The first kappa shape index (κ1) is 19.2. The van der Waals surface area contributed by atoms with Crippen LogP contribution in [-0.4, -0.2) is 67.0 Å². The number of nitrogens with zero attached hydrogens (tertiary/aromatic N) is 7. The average Bonchev–Trinajstić information content (AvgIpc) is 3.37. The molecule has 0 fully saturated rings. The topological polar surface area (TPSA) is 108 Å². The van der Waals surface area contributed by atoms with Crippen molar-refractivity contribution in [3.63, 3.8) is 0 Å². The van der Waals surface area contributed by atoms with Gasteiger partial charge >= 0.3 is 5.97 Å². The van der Waals surface area contributed by atoms with Crippen LogP contribution in [0.25, 0.3) is 5.69 Å². The Labute approximate surface area is 161 Å². The summed E-state index contributed by atoms with van der Waals surface area (Å²) in [5.41, 5.74) is 1.76. The molecule has 3 aromatic rings. The van der Waals surface area contributed by atoms with Crippen LogP contribution in [0.1, 0.15) is 33.5 Å². The minimum Gasteiger partial charge on any atom is -0.464 e. The monoisotopic (exact) mass is 383 g/mol. The number of methoxy groups -OCH3 is 1. The van der Waals surface area contributed by atoms with E-state index in [1.807, 2.05) is 13.0 Å². The Morgan fingerprint density at radius 3 is 2.54 bits per heavy atom. The van der Waals surface area contributed by atoms with Crippen LogP contribution < -0.4 is 0 Å². The molecule has 10 heteroatoms. The molecule has 1 amide bonds. The zero-order chi connectivity index (χ0) is 20.1. The van der Waals surface area contributed by atoms with Crippen LogP contribution in [0.2, 0.25) is 0 Å². The number of aryl methyl sites for hydroxylation is 1. The van der Waals surface area contributed by atoms with E-state index in [0.29, 0.717) is 36.6 Å². The lowest BCUT2D eigenvalue weighted by Gasteiger charge is -2.21. The molecular formula is C18H21N7O3. The molecule has 1 aromatic carbocycles. The van der Waals surface area contributed by atoms with E-state index in [9.17, 15) is 9.59 Å². The van der Waals surface area contributed by atoms with Gasteiger partial charge in [0.15, 0.2) is 5.69 Å². The fourth-order valence-corrected chi connectivity index (χ4v) is 2.77. The van der Waals surface area contributed by atoms with E-state index in [4.69, 9.17) is 0 Å². The summed E-state index contributed by atoms with van der Waals surface area (Å²) >= 11 is 0. The summed E-state index contributed by atoms with van der Waals surface area (Å²) in [4.78, 5) is 29.2. The third-order valence-electron chi connectivity index (χ3n) is 4.21. The predicted octanol–water partition coefficient (Wildman–Crippen LogP) is 1.12. The van der Waals surface area contributed by atoms with Crippen molar-refractivity contribution in [2.45, 2.75) is 20.4 Å². The number of amides is 1. The van der Waals surface area contributed by atoms with Gasteiger partial charge in [0.2, 0.25) is 0 Å². The minimum atomic E-state index is -0.534. The highest BCUT2D eigenvalue weighted by Crippen LogP contribution is 2.15. The van der Waals surface area contributed by atoms with E-state index >= 15 is 0 Å². The van der Waals surface area contributed by atoms with E-state index in [1.54, 1.807) is 42.4 Å². The van der Waals surface area contributed by atoms with E-state index in [1.165, 1.54) is 16.7 Å². The number of aromatic nitrogens is 6.